The van der Waals surface area contributed by atoms with E-state index in [4.69, 9.17) is 0 Å². The highest BCUT2D eigenvalue weighted by Crippen LogP contribution is 2.24. The number of hydrogen-bond acceptors (Lipinski definition) is 2. The summed E-state index contributed by atoms with van der Waals surface area (Å²) < 4.78 is 0. The first kappa shape index (κ1) is 12.7. The third kappa shape index (κ3) is 2.27. The average molecular weight is 258 g/mol. The fraction of sp³-hybridized carbons (Fsp3) is 0.562. The van der Waals surface area contributed by atoms with Crippen LogP contribution in [0.25, 0.3) is 0 Å². The number of piperazine rings is 1. The Morgan fingerprint density at radius 3 is 2.89 bits per heavy atom. The van der Waals surface area contributed by atoms with Crippen LogP contribution in [-0.4, -0.2) is 36.0 Å². The summed E-state index contributed by atoms with van der Waals surface area (Å²) in [5.74, 6) is 0.190. The summed E-state index contributed by atoms with van der Waals surface area (Å²) in [7, 11) is 0. The summed E-state index contributed by atoms with van der Waals surface area (Å²) in [6, 6.07) is 6.89. The molecule has 0 aromatic heterocycles. The molecule has 1 N–H and O–H groups in total. The van der Waals surface area contributed by atoms with Crippen LogP contribution in [0, 0.1) is 0 Å². The molecule has 1 fully saturated rings. The van der Waals surface area contributed by atoms with Gasteiger partial charge in [-0.15, -0.1) is 0 Å². The normalized spacial score (nSPS) is 26.3. The summed E-state index contributed by atoms with van der Waals surface area (Å²) in [4.78, 5) is 14.7. The molecule has 1 aromatic rings. The predicted molar refractivity (Wildman–Crippen MR) is 76.4 cm³/mol. The van der Waals surface area contributed by atoms with E-state index in [1.54, 1.807) is 0 Å². The fourth-order valence-corrected chi connectivity index (χ4v) is 3.21. The summed E-state index contributed by atoms with van der Waals surface area (Å²) in [6.45, 7) is 5.97. The van der Waals surface area contributed by atoms with Gasteiger partial charge in [-0.25, -0.2) is 0 Å². The number of aryl methyl sites for hydroxylation is 2. The van der Waals surface area contributed by atoms with Gasteiger partial charge in [0, 0.05) is 30.7 Å². The molecular formula is C16H22N2O. The topological polar surface area (TPSA) is 32.3 Å². The van der Waals surface area contributed by atoms with Crippen LogP contribution in [-0.2, 0) is 12.8 Å². The fourth-order valence-electron chi connectivity index (χ4n) is 3.21. The number of carbonyl (C=O) groups is 1. The smallest absolute Gasteiger partial charge is 0.254 e. The van der Waals surface area contributed by atoms with Crippen molar-refractivity contribution in [2.75, 3.05) is 13.1 Å². The second kappa shape index (κ2) is 4.97. The zero-order valence-corrected chi connectivity index (χ0v) is 11.8. The Bertz CT molecular complexity index is 498. The zero-order valence-electron chi connectivity index (χ0n) is 11.8. The monoisotopic (exact) mass is 258 g/mol. The first-order chi connectivity index (χ1) is 9.16. The lowest BCUT2D eigenvalue weighted by Gasteiger charge is -2.38. The minimum absolute atomic E-state index is 0.190. The molecule has 1 saturated heterocycles. The molecule has 1 aliphatic heterocycles. The highest BCUT2D eigenvalue weighted by molar-refractivity contribution is 5.95. The molecule has 2 aliphatic rings. The van der Waals surface area contributed by atoms with Crippen molar-refractivity contribution in [1.29, 1.82) is 0 Å². The number of nitrogens with zero attached hydrogens (tertiary/aromatic N) is 1. The minimum Gasteiger partial charge on any atom is -0.333 e. The standard InChI is InChI=1S/C16H22N2O/c1-11-12(2)18(9-8-17-11)16(19)15-7-6-13-4-3-5-14(13)10-15/h6-7,10-12,17H,3-5,8-9H2,1-2H3. The minimum atomic E-state index is 0.190. The van der Waals surface area contributed by atoms with Gasteiger partial charge in [-0.1, -0.05) is 6.07 Å². The summed E-state index contributed by atoms with van der Waals surface area (Å²) in [5.41, 5.74) is 3.67. The molecule has 1 aromatic carbocycles. The van der Waals surface area contributed by atoms with Gasteiger partial charge in [-0.05, 0) is 56.4 Å². The first-order valence-electron chi connectivity index (χ1n) is 7.33. The van der Waals surface area contributed by atoms with Gasteiger partial charge in [0.15, 0.2) is 0 Å². The van der Waals surface area contributed by atoms with Crippen molar-refractivity contribution in [3.8, 4) is 0 Å². The van der Waals surface area contributed by atoms with Gasteiger partial charge >= 0.3 is 0 Å². The number of rotatable bonds is 1. The number of benzene rings is 1. The number of fused-ring (bicyclic) bond motifs is 1. The quantitative estimate of drug-likeness (QED) is 0.835. The van der Waals surface area contributed by atoms with E-state index in [0.717, 1.165) is 25.1 Å². The maximum Gasteiger partial charge on any atom is 0.254 e. The van der Waals surface area contributed by atoms with Gasteiger partial charge in [-0.3, -0.25) is 4.79 Å². The van der Waals surface area contributed by atoms with Gasteiger partial charge in [-0.2, -0.15) is 0 Å². The molecule has 2 unspecified atom stereocenters. The molecule has 0 spiro atoms. The Morgan fingerprint density at radius 1 is 1.26 bits per heavy atom. The van der Waals surface area contributed by atoms with E-state index < -0.39 is 0 Å². The van der Waals surface area contributed by atoms with Crippen molar-refractivity contribution < 1.29 is 4.79 Å². The van der Waals surface area contributed by atoms with Gasteiger partial charge in [0.1, 0.15) is 0 Å². The van der Waals surface area contributed by atoms with Gasteiger partial charge in [0.25, 0.3) is 5.91 Å². The third-order valence-corrected chi connectivity index (χ3v) is 4.64. The molecule has 2 atom stereocenters. The summed E-state index contributed by atoms with van der Waals surface area (Å²) in [6.07, 6.45) is 3.53. The van der Waals surface area contributed by atoms with Crippen molar-refractivity contribution >= 4 is 5.91 Å². The second-order valence-electron chi connectivity index (χ2n) is 5.82. The highest BCUT2D eigenvalue weighted by atomic mass is 16.2. The molecule has 1 heterocycles. The maximum absolute atomic E-state index is 12.7. The lowest BCUT2D eigenvalue weighted by molar-refractivity contribution is 0.0603. The maximum atomic E-state index is 12.7. The van der Waals surface area contributed by atoms with Crippen molar-refractivity contribution in [2.45, 2.75) is 45.2 Å². The van der Waals surface area contributed by atoms with Gasteiger partial charge in [0.05, 0.1) is 0 Å². The van der Waals surface area contributed by atoms with E-state index in [0.29, 0.717) is 6.04 Å². The largest absolute Gasteiger partial charge is 0.333 e. The molecule has 3 heteroatoms. The number of nitrogens with one attached hydrogen (secondary N) is 1. The average Bonchev–Trinajstić information content (AvgIpc) is 2.88. The van der Waals surface area contributed by atoms with Crippen LogP contribution in [0.5, 0.6) is 0 Å². The SMILES string of the molecule is CC1NCCN(C(=O)c2ccc3c(c2)CCC3)C1C. The number of amides is 1. The molecule has 0 radical (unpaired) electrons. The van der Waals surface area contributed by atoms with Gasteiger partial charge in [0.2, 0.25) is 0 Å². The van der Waals surface area contributed by atoms with Crippen LogP contribution in [0.4, 0.5) is 0 Å². The number of hydrogen-bond donors (Lipinski definition) is 1. The van der Waals surface area contributed by atoms with Crippen LogP contribution in [0.3, 0.4) is 0 Å². The van der Waals surface area contributed by atoms with Crippen molar-refractivity contribution in [2.24, 2.45) is 0 Å². The number of carbonyl (C=O) groups excluding carboxylic acids is 1. The second-order valence-corrected chi connectivity index (χ2v) is 5.82. The van der Waals surface area contributed by atoms with Crippen LogP contribution in [0.15, 0.2) is 18.2 Å². The van der Waals surface area contributed by atoms with E-state index in [9.17, 15) is 4.79 Å². The lowest BCUT2D eigenvalue weighted by atomic mass is 10.0. The molecule has 1 aliphatic carbocycles. The van der Waals surface area contributed by atoms with E-state index in [1.165, 1.54) is 24.0 Å². The van der Waals surface area contributed by atoms with E-state index >= 15 is 0 Å². The Hall–Kier alpha value is -1.35. The van der Waals surface area contributed by atoms with Gasteiger partial charge < -0.3 is 10.2 Å². The molecule has 0 saturated carbocycles. The molecule has 1 amide bonds. The highest BCUT2D eigenvalue weighted by Gasteiger charge is 2.29. The Kier molecular flexibility index (Phi) is 3.31. The van der Waals surface area contributed by atoms with Crippen molar-refractivity contribution in [3.05, 3.63) is 34.9 Å². The Morgan fingerprint density at radius 2 is 2.05 bits per heavy atom. The van der Waals surface area contributed by atoms with E-state index in [1.807, 2.05) is 11.0 Å². The Balaban J connectivity index is 1.83. The van der Waals surface area contributed by atoms with Crippen LogP contribution < -0.4 is 5.32 Å². The van der Waals surface area contributed by atoms with Crippen LogP contribution in [0.1, 0.15) is 41.8 Å². The zero-order chi connectivity index (χ0) is 13.4. The molecular weight excluding hydrogens is 236 g/mol. The summed E-state index contributed by atoms with van der Waals surface area (Å²) in [5, 5.41) is 3.42. The molecule has 19 heavy (non-hydrogen) atoms. The first-order valence-corrected chi connectivity index (χ1v) is 7.33. The lowest BCUT2D eigenvalue weighted by Crippen LogP contribution is -2.57. The molecule has 3 nitrogen and oxygen atoms in total. The Labute approximate surface area is 115 Å². The third-order valence-electron chi connectivity index (χ3n) is 4.64. The van der Waals surface area contributed by atoms with Crippen LogP contribution >= 0.6 is 0 Å². The van der Waals surface area contributed by atoms with Crippen molar-refractivity contribution in [1.82, 2.24) is 10.2 Å². The van der Waals surface area contributed by atoms with E-state index in [2.05, 4.69) is 31.3 Å². The molecule has 102 valence electrons. The predicted octanol–water partition coefficient (Wildman–Crippen LogP) is 2.00. The van der Waals surface area contributed by atoms with E-state index in [-0.39, 0.29) is 11.9 Å². The van der Waals surface area contributed by atoms with Crippen LogP contribution in [0.2, 0.25) is 0 Å². The summed E-state index contributed by atoms with van der Waals surface area (Å²) >= 11 is 0. The molecule has 3 rings (SSSR count). The molecule has 0 bridgehead atoms. The van der Waals surface area contributed by atoms with Crippen molar-refractivity contribution in [3.63, 3.8) is 0 Å².